The van der Waals surface area contributed by atoms with Gasteiger partial charge in [-0.3, -0.25) is 10.1 Å². The van der Waals surface area contributed by atoms with E-state index in [1.54, 1.807) is 24.3 Å². The molecule has 9 heteroatoms. The lowest BCUT2D eigenvalue weighted by molar-refractivity contribution is -0.384. The van der Waals surface area contributed by atoms with Crippen LogP contribution < -0.4 is 10.6 Å². The van der Waals surface area contributed by atoms with Crippen LogP contribution in [0.25, 0.3) is 11.1 Å². The maximum atomic E-state index is 12.4. The third kappa shape index (κ3) is 4.73. The van der Waals surface area contributed by atoms with Crippen LogP contribution in [0.4, 0.5) is 21.9 Å². The molecular formula is C21H16ClN3O5. The number of rotatable bonds is 5. The Labute approximate surface area is 176 Å². The number of esters is 1. The van der Waals surface area contributed by atoms with E-state index in [9.17, 15) is 19.7 Å². The van der Waals surface area contributed by atoms with Crippen molar-refractivity contribution in [3.8, 4) is 11.1 Å². The summed E-state index contributed by atoms with van der Waals surface area (Å²) in [5, 5.41) is 16.4. The van der Waals surface area contributed by atoms with Gasteiger partial charge in [0.05, 0.1) is 23.3 Å². The Morgan fingerprint density at radius 1 is 1.00 bits per heavy atom. The summed E-state index contributed by atoms with van der Waals surface area (Å²) >= 11 is 6.25. The molecule has 0 aliphatic heterocycles. The highest BCUT2D eigenvalue weighted by Gasteiger charge is 2.16. The zero-order valence-electron chi connectivity index (χ0n) is 15.7. The molecule has 0 heterocycles. The largest absolute Gasteiger partial charge is 0.465 e. The van der Waals surface area contributed by atoms with Crippen molar-refractivity contribution in [3.05, 3.63) is 87.4 Å². The molecule has 152 valence electrons. The average molecular weight is 426 g/mol. The van der Waals surface area contributed by atoms with Crippen LogP contribution in [0.1, 0.15) is 10.4 Å². The van der Waals surface area contributed by atoms with Gasteiger partial charge in [0.1, 0.15) is 0 Å². The lowest BCUT2D eigenvalue weighted by Crippen LogP contribution is -2.21. The van der Waals surface area contributed by atoms with Gasteiger partial charge in [0.15, 0.2) is 0 Å². The number of benzene rings is 3. The third-order valence-corrected chi connectivity index (χ3v) is 4.52. The summed E-state index contributed by atoms with van der Waals surface area (Å²) in [6, 6.07) is 16.7. The summed E-state index contributed by atoms with van der Waals surface area (Å²) in [4.78, 5) is 34.7. The van der Waals surface area contributed by atoms with E-state index in [2.05, 4.69) is 10.6 Å². The molecule has 0 spiro atoms. The molecule has 0 aliphatic rings. The first kappa shape index (κ1) is 20.8. The zero-order chi connectivity index (χ0) is 21.7. The van der Waals surface area contributed by atoms with Crippen LogP contribution in [0.2, 0.25) is 5.02 Å². The molecule has 3 aromatic carbocycles. The van der Waals surface area contributed by atoms with E-state index in [-0.39, 0.29) is 16.9 Å². The van der Waals surface area contributed by atoms with Gasteiger partial charge in [-0.25, -0.2) is 9.59 Å². The number of nitro benzene ring substituents is 1. The number of anilines is 2. The molecule has 0 atom stereocenters. The Hall–Kier alpha value is -3.91. The quantitative estimate of drug-likeness (QED) is 0.325. The molecule has 0 radical (unpaired) electrons. The molecule has 0 aromatic heterocycles. The van der Waals surface area contributed by atoms with Crippen LogP contribution >= 0.6 is 11.6 Å². The topological polar surface area (TPSA) is 111 Å². The second-order valence-electron chi connectivity index (χ2n) is 6.11. The molecule has 0 saturated heterocycles. The van der Waals surface area contributed by atoms with Crippen molar-refractivity contribution in [2.75, 3.05) is 17.7 Å². The summed E-state index contributed by atoms with van der Waals surface area (Å²) in [5.74, 6) is -0.619. The molecule has 2 N–H and O–H groups in total. The van der Waals surface area contributed by atoms with Gasteiger partial charge in [0.2, 0.25) is 0 Å². The van der Waals surface area contributed by atoms with E-state index in [1.165, 1.54) is 37.4 Å². The van der Waals surface area contributed by atoms with Gasteiger partial charge < -0.3 is 15.4 Å². The number of nitrogens with one attached hydrogen (secondary N) is 2. The number of hydrogen-bond donors (Lipinski definition) is 2. The first-order valence-corrected chi connectivity index (χ1v) is 9.06. The van der Waals surface area contributed by atoms with Crippen LogP contribution in [0.3, 0.4) is 0 Å². The Bertz CT molecular complexity index is 1120. The van der Waals surface area contributed by atoms with Crippen LogP contribution in [-0.2, 0) is 4.74 Å². The summed E-state index contributed by atoms with van der Waals surface area (Å²) in [6.07, 6.45) is 0. The molecule has 8 nitrogen and oxygen atoms in total. The van der Waals surface area contributed by atoms with Crippen molar-refractivity contribution in [2.45, 2.75) is 0 Å². The van der Waals surface area contributed by atoms with E-state index in [4.69, 9.17) is 16.3 Å². The van der Waals surface area contributed by atoms with E-state index in [0.717, 1.165) is 5.56 Å². The van der Waals surface area contributed by atoms with Crippen molar-refractivity contribution in [1.82, 2.24) is 0 Å². The number of amides is 2. The molecule has 0 unspecified atom stereocenters. The van der Waals surface area contributed by atoms with Gasteiger partial charge >= 0.3 is 12.0 Å². The van der Waals surface area contributed by atoms with Gasteiger partial charge in [0, 0.05) is 28.4 Å². The van der Waals surface area contributed by atoms with E-state index >= 15 is 0 Å². The fraction of sp³-hybridized carbons (Fsp3) is 0.0476. The van der Waals surface area contributed by atoms with Crippen molar-refractivity contribution < 1.29 is 19.2 Å². The Morgan fingerprint density at radius 2 is 1.70 bits per heavy atom. The molecule has 0 saturated carbocycles. The number of halogens is 1. The van der Waals surface area contributed by atoms with Crippen LogP contribution in [0.15, 0.2) is 66.7 Å². The lowest BCUT2D eigenvalue weighted by Gasteiger charge is -2.13. The van der Waals surface area contributed by atoms with Crippen molar-refractivity contribution in [1.29, 1.82) is 0 Å². The van der Waals surface area contributed by atoms with Crippen molar-refractivity contribution in [3.63, 3.8) is 0 Å². The van der Waals surface area contributed by atoms with Gasteiger partial charge in [-0.05, 0) is 35.9 Å². The molecule has 0 fully saturated rings. The first-order chi connectivity index (χ1) is 14.4. The number of hydrogen-bond acceptors (Lipinski definition) is 5. The SMILES string of the molecule is COC(=O)c1ccc(-c2ccccc2Cl)cc1NC(=O)Nc1ccc([N+](=O)[O-])cc1. The number of ether oxygens (including phenoxy) is 1. The number of nitro groups is 1. The maximum Gasteiger partial charge on any atom is 0.339 e. The minimum atomic E-state index is -0.634. The third-order valence-electron chi connectivity index (χ3n) is 4.19. The van der Waals surface area contributed by atoms with Crippen molar-refractivity contribution in [2.24, 2.45) is 0 Å². The minimum absolute atomic E-state index is 0.0959. The van der Waals surface area contributed by atoms with Crippen LogP contribution in [0.5, 0.6) is 0 Å². The fourth-order valence-electron chi connectivity index (χ4n) is 2.75. The highest BCUT2D eigenvalue weighted by Crippen LogP contribution is 2.31. The Morgan fingerprint density at radius 3 is 2.33 bits per heavy atom. The monoisotopic (exact) mass is 425 g/mol. The molecule has 3 rings (SSSR count). The average Bonchev–Trinajstić information content (AvgIpc) is 2.74. The zero-order valence-corrected chi connectivity index (χ0v) is 16.5. The molecular weight excluding hydrogens is 410 g/mol. The molecule has 0 aliphatic carbocycles. The fourth-order valence-corrected chi connectivity index (χ4v) is 2.99. The van der Waals surface area contributed by atoms with Gasteiger partial charge in [-0.2, -0.15) is 0 Å². The summed E-state index contributed by atoms with van der Waals surface area (Å²) in [7, 11) is 1.24. The highest BCUT2D eigenvalue weighted by atomic mass is 35.5. The van der Waals surface area contributed by atoms with Crippen LogP contribution in [0, 0.1) is 10.1 Å². The maximum absolute atomic E-state index is 12.4. The molecule has 3 aromatic rings. The number of methoxy groups -OCH3 is 1. The summed E-state index contributed by atoms with van der Waals surface area (Å²) in [6.45, 7) is 0. The number of non-ortho nitro benzene ring substituents is 1. The lowest BCUT2D eigenvalue weighted by atomic mass is 10.0. The van der Waals surface area contributed by atoms with Crippen molar-refractivity contribution >= 4 is 40.7 Å². The van der Waals surface area contributed by atoms with Gasteiger partial charge in [0.25, 0.3) is 5.69 Å². The first-order valence-electron chi connectivity index (χ1n) is 8.69. The van der Waals surface area contributed by atoms with Crippen LogP contribution in [-0.4, -0.2) is 24.0 Å². The van der Waals surface area contributed by atoms with Gasteiger partial charge in [-0.15, -0.1) is 0 Å². The summed E-state index contributed by atoms with van der Waals surface area (Å²) < 4.78 is 4.78. The molecule has 30 heavy (non-hydrogen) atoms. The highest BCUT2D eigenvalue weighted by molar-refractivity contribution is 6.33. The smallest absolute Gasteiger partial charge is 0.339 e. The minimum Gasteiger partial charge on any atom is -0.465 e. The standard InChI is InChI=1S/C21H16ClN3O5/c1-30-20(26)17-11-6-13(16-4-2-3-5-18(16)22)12-19(17)24-21(27)23-14-7-9-15(10-8-14)25(28)29/h2-12H,1H3,(H2,23,24,27). The second kappa shape index (κ2) is 9.06. The predicted molar refractivity (Wildman–Crippen MR) is 114 cm³/mol. The Balaban J connectivity index is 1.87. The number of nitrogens with zero attached hydrogens (tertiary/aromatic N) is 1. The number of carbonyl (C=O) groups is 2. The Kier molecular flexibility index (Phi) is 6.29. The number of urea groups is 1. The molecule has 0 bridgehead atoms. The molecule has 2 amide bonds. The van der Waals surface area contributed by atoms with Gasteiger partial charge in [-0.1, -0.05) is 35.9 Å². The summed E-state index contributed by atoms with van der Waals surface area (Å²) in [5.41, 5.74) is 2.06. The predicted octanol–water partition coefficient (Wildman–Crippen LogP) is 5.35. The van der Waals surface area contributed by atoms with E-state index < -0.39 is 16.9 Å². The van der Waals surface area contributed by atoms with E-state index in [1.807, 2.05) is 12.1 Å². The second-order valence-corrected chi connectivity index (χ2v) is 6.52. The van der Waals surface area contributed by atoms with E-state index in [0.29, 0.717) is 16.3 Å². The number of carbonyl (C=O) groups excluding carboxylic acids is 2. The normalized spacial score (nSPS) is 10.2.